The molecule has 0 radical (unpaired) electrons. The second-order valence-corrected chi connectivity index (χ2v) is 11.9. The number of nitrogens with one attached hydrogen (secondary N) is 3. The Balaban J connectivity index is 1.68. The van der Waals surface area contributed by atoms with Crippen molar-refractivity contribution >= 4 is 23.7 Å². The molecule has 40 heavy (non-hydrogen) atoms. The van der Waals surface area contributed by atoms with E-state index in [9.17, 15) is 24.3 Å². The molecule has 2 aromatic carbocycles. The van der Waals surface area contributed by atoms with Gasteiger partial charge in [-0.15, -0.1) is 0 Å². The highest BCUT2D eigenvalue weighted by Gasteiger charge is 2.43. The van der Waals surface area contributed by atoms with E-state index in [-0.39, 0.29) is 42.3 Å². The zero-order valence-corrected chi connectivity index (χ0v) is 23.9. The third kappa shape index (κ3) is 6.20. The molecule has 1 aliphatic carbocycles. The molecular weight excluding hydrogens is 508 g/mol. The third-order valence-corrected chi connectivity index (χ3v) is 8.08. The zero-order chi connectivity index (χ0) is 29.2. The van der Waals surface area contributed by atoms with E-state index >= 15 is 0 Å². The number of aromatic carboxylic acids is 1. The van der Waals surface area contributed by atoms with Crippen molar-refractivity contribution in [2.24, 2.45) is 5.41 Å². The predicted octanol–water partition coefficient (Wildman–Crippen LogP) is 2.97. The Kier molecular flexibility index (Phi) is 8.63. The summed E-state index contributed by atoms with van der Waals surface area (Å²) < 4.78 is 0. The lowest BCUT2D eigenvalue weighted by atomic mass is 9.83. The van der Waals surface area contributed by atoms with Crippen LogP contribution in [-0.4, -0.2) is 58.9 Å². The molecule has 0 aromatic heterocycles. The topological polar surface area (TPSA) is 128 Å². The summed E-state index contributed by atoms with van der Waals surface area (Å²) in [5, 5.41) is 18.5. The Morgan fingerprint density at radius 1 is 1.02 bits per heavy atom. The fourth-order valence-corrected chi connectivity index (χ4v) is 5.57. The minimum atomic E-state index is -1.06. The Morgan fingerprint density at radius 2 is 1.75 bits per heavy atom. The van der Waals surface area contributed by atoms with E-state index in [1.807, 2.05) is 39.0 Å². The lowest BCUT2D eigenvalue weighted by Gasteiger charge is -2.41. The molecule has 4 rings (SSSR count). The van der Waals surface area contributed by atoms with Crippen molar-refractivity contribution in [3.8, 4) is 0 Å². The van der Waals surface area contributed by atoms with Crippen LogP contribution in [0, 0.1) is 5.41 Å². The maximum atomic E-state index is 14.2. The first kappa shape index (κ1) is 29.3. The van der Waals surface area contributed by atoms with Crippen molar-refractivity contribution in [2.75, 3.05) is 7.05 Å². The fourth-order valence-electron chi connectivity index (χ4n) is 5.57. The average Bonchev–Trinajstić information content (AvgIpc) is 2.93. The van der Waals surface area contributed by atoms with Gasteiger partial charge in [0, 0.05) is 13.0 Å². The molecule has 214 valence electrons. The van der Waals surface area contributed by atoms with Crippen LogP contribution in [0.15, 0.2) is 42.5 Å². The summed E-state index contributed by atoms with van der Waals surface area (Å²) in [5.74, 6) is -2.01. The molecule has 0 fully saturated rings. The van der Waals surface area contributed by atoms with Crippen molar-refractivity contribution < 1.29 is 24.3 Å². The Hall–Kier alpha value is -3.72. The van der Waals surface area contributed by atoms with Gasteiger partial charge in [0.15, 0.2) is 0 Å². The van der Waals surface area contributed by atoms with Crippen molar-refractivity contribution in [1.82, 2.24) is 20.9 Å². The number of aryl methyl sites for hydroxylation is 1. The SMILES string of the molecule is CN[C@@H](C)C(=O)N[C@H](C(=O)N1Cc2cc(C(=O)O)ccc2C[C@H]1C(=O)N[C@@H]1CCCc2ccccc21)C(C)(C)C. The van der Waals surface area contributed by atoms with Gasteiger partial charge in [0.2, 0.25) is 17.7 Å². The molecule has 0 bridgehead atoms. The molecule has 0 saturated heterocycles. The molecule has 3 amide bonds. The maximum absolute atomic E-state index is 14.2. The van der Waals surface area contributed by atoms with E-state index < -0.39 is 29.5 Å². The van der Waals surface area contributed by atoms with Crippen LogP contribution in [0.2, 0.25) is 0 Å². The maximum Gasteiger partial charge on any atom is 0.335 e. The van der Waals surface area contributed by atoms with Crippen molar-refractivity contribution in [3.63, 3.8) is 0 Å². The number of carboxylic acids is 1. The number of hydrogen-bond donors (Lipinski definition) is 4. The molecule has 4 atom stereocenters. The summed E-state index contributed by atoms with van der Waals surface area (Å²) >= 11 is 0. The summed E-state index contributed by atoms with van der Waals surface area (Å²) in [6.45, 7) is 7.39. The van der Waals surface area contributed by atoms with Crippen LogP contribution >= 0.6 is 0 Å². The van der Waals surface area contributed by atoms with Crippen molar-refractivity contribution in [2.45, 2.75) is 84.1 Å². The zero-order valence-electron chi connectivity index (χ0n) is 23.9. The van der Waals surface area contributed by atoms with Gasteiger partial charge in [-0.25, -0.2) is 4.79 Å². The first-order chi connectivity index (χ1) is 18.9. The summed E-state index contributed by atoms with van der Waals surface area (Å²) in [7, 11) is 1.67. The third-order valence-electron chi connectivity index (χ3n) is 8.08. The van der Waals surface area contributed by atoms with Crippen molar-refractivity contribution in [3.05, 3.63) is 70.3 Å². The minimum absolute atomic E-state index is 0.0681. The number of amides is 3. The monoisotopic (exact) mass is 548 g/mol. The number of fused-ring (bicyclic) bond motifs is 2. The second-order valence-electron chi connectivity index (χ2n) is 11.9. The number of nitrogens with zero attached hydrogens (tertiary/aromatic N) is 1. The number of carbonyl (C=O) groups excluding carboxylic acids is 3. The minimum Gasteiger partial charge on any atom is -0.478 e. The average molecular weight is 549 g/mol. The lowest BCUT2D eigenvalue weighted by Crippen LogP contribution is -2.62. The summed E-state index contributed by atoms with van der Waals surface area (Å²) in [4.78, 5) is 54.2. The van der Waals surface area contributed by atoms with E-state index in [1.54, 1.807) is 26.1 Å². The van der Waals surface area contributed by atoms with E-state index in [0.29, 0.717) is 5.56 Å². The predicted molar refractivity (Wildman–Crippen MR) is 152 cm³/mol. The largest absolute Gasteiger partial charge is 0.478 e. The van der Waals surface area contributed by atoms with E-state index in [4.69, 9.17) is 0 Å². The molecule has 9 nitrogen and oxygen atoms in total. The first-order valence-electron chi connectivity index (χ1n) is 13.9. The molecule has 2 aliphatic rings. The van der Waals surface area contributed by atoms with Crippen LogP contribution in [0.4, 0.5) is 0 Å². The molecule has 0 unspecified atom stereocenters. The molecule has 9 heteroatoms. The van der Waals surface area contributed by atoms with Gasteiger partial charge in [-0.05, 0) is 73.0 Å². The molecular formula is C31H40N4O5. The Bertz CT molecular complexity index is 1300. The second kappa shape index (κ2) is 11.8. The van der Waals surface area contributed by atoms with Crippen LogP contribution in [0.1, 0.15) is 79.2 Å². The van der Waals surface area contributed by atoms with Gasteiger partial charge in [0.25, 0.3) is 0 Å². The summed E-state index contributed by atoms with van der Waals surface area (Å²) in [6.07, 6.45) is 2.98. The first-order valence-corrected chi connectivity index (χ1v) is 13.9. The van der Waals surface area contributed by atoms with Crippen LogP contribution in [0.25, 0.3) is 0 Å². The number of benzene rings is 2. The lowest BCUT2D eigenvalue weighted by molar-refractivity contribution is -0.147. The van der Waals surface area contributed by atoms with Gasteiger partial charge in [0.1, 0.15) is 12.1 Å². The molecule has 0 spiro atoms. The molecule has 1 heterocycles. The molecule has 1 aliphatic heterocycles. The molecule has 4 N–H and O–H groups in total. The van der Waals surface area contributed by atoms with Crippen LogP contribution in [0.5, 0.6) is 0 Å². The normalized spacial score (nSPS) is 20.0. The van der Waals surface area contributed by atoms with E-state index in [0.717, 1.165) is 30.4 Å². The van der Waals surface area contributed by atoms with Gasteiger partial charge in [-0.2, -0.15) is 0 Å². The van der Waals surface area contributed by atoms with Gasteiger partial charge in [0.05, 0.1) is 17.6 Å². The molecule has 2 aromatic rings. The highest BCUT2D eigenvalue weighted by molar-refractivity contribution is 5.94. The van der Waals surface area contributed by atoms with Crippen LogP contribution in [-0.2, 0) is 33.8 Å². The smallest absolute Gasteiger partial charge is 0.335 e. The number of rotatable bonds is 7. The van der Waals surface area contributed by atoms with E-state index in [1.165, 1.54) is 16.5 Å². The van der Waals surface area contributed by atoms with Crippen LogP contribution in [0.3, 0.4) is 0 Å². The fraction of sp³-hybridized carbons (Fsp3) is 0.484. The summed E-state index contributed by atoms with van der Waals surface area (Å²) in [6, 6.07) is 10.6. The number of likely N-dealkylation sites (N-methyl/N-ethyl adjacent to an activating group) is 1. The standard InChI is InChI=1S/C31H40N4O5/c1-18(32-5)27(36)34-26(31(2,3)4)29(38)35-17-22-15-21(30(39)40)14-13-20(22)16-25(35)28(37)33-24-12-8-10-19-9-6-7-11-23(19)24/h6-7,9,11,13-15,18,24-26,32H,8,10,12,16-17H2,1-5H3,(H,33,37)(H,34,36)(H,39,40)/t18-,24+,25-,26+/m0/s1. The Morgan fingerprint density at radius 3 is 2.42 bits per heavy atom. The Labute approximate surface area is 235 Å². The number of carboxylic acid groups (broad SMARTS) is 1. The van der Waals surface area contributed by atoms with Gasteiger partial charge >= 0.3 is 5.97 Å². The van der Waals surface area contributed by atoms with Crippen LogP contribution < -0.4 is 16.0 Å². The van der Waals surface area contributed by atoms with Crippen molar-refractivity contribution in [1.29, 1.82) is 0 Å². The van der Waals surface area contributed by atoms with E-state index in [2.05, 4.69) is 22.0 Å². The van der Waals surface area contributed by atoms with Gasteiger partial charge in [-0.3, -0.25) is 14.4 Å². The quantitative estimate of drug-likeness (QED) is 0.421. The highest BCUT2D eigenvalue weighted by atomic mass is 16.4. The number of carbonyl (C=O) groups is 4. The summed E-state index contributed by atoms with van der Waals surface area (Å²) in [5.41, 5.74) is 3.31. The van der Waals surface area contributed by atoms with Gasteiger partial charge in [-0.1, -0.05) is 51.1 Å². The highest BCUT2D eigenvalue weighted by Crippen LogP contribution is 2.32. The molecule has 0 saturated carbocycles. The van der Waals surface area contributed by atoms with Gasteiger partial charge < -0.3 is 26.0 Å². The number of hydrogen-bond acceptors (Lipinski definition) is 5.